The lowest BCUT2D eigenvalue weighted by molar-refractivity contribution is 0.0948. The van der Waals surface area contributed by atoms with E-state index < -0.39 is 5.91 Å². The Hall–Kier alpha value is -4.14. The number of nitrogens with one attached hydrogen (secondary N) is 2. The molecule has 2 N–H and O–H groups in total. The van der Waals surface area contributed by atoms with E-state index in [4.69, 9.17) is 14.9 Å². The van der Waals surface area contributed by atoms with E-state index in [1.54, 1.807) is 43.6 Å². The number of hydrogen-bond acceptors (Lipinski definition) is 6. The van der Waals surface area contributed by atoms with Crippen LogP contribution in [0.1, 0.15) is 15.9 Å². The summed E-state index contributed by atoms with van der Waals surface area (Å²) < 4.78 is 13.5. The zero-order valence-electron chi connectivity index (χ0n) is 16.0. The minimum absolute atomic E-state index is 0.0298. The number of aromatic nitrogens is 3. The first-order valence-corrected chi connectivity index (χ1v) is 9.25. The van der Waals surface area contributed by atoms with Crippen molar-refractivity contribution in [1.29, 1.82) is 5.41 Å². The first kappa shape index (κ1) is 17.9. The molecule has 5 rings (SSSR count). The largest absolute Gasteiger partial charge is 0.454 e. The monoisotopic (exact) mass is 403 g/mol. The number of rotatable bonds is 3. The van der Waals surface area contributed by atoms with Crippen molar-refractivity contribution >= 4 is 22.6 Å². The fourth-order valence-electron chi connectivity index (χ4n) is 3.47. The molecule has 0 spiro atoms. The van der Waals surface area contributed by atoms with Crippen LogP contribution in [-0.4, -0.2) is 26.7 Å². The van der Waals surface area contributed by atoms with Crippen molar-refractivity contribution in [2.24, 2.45) is 7.05 Å². The summed E-state index contributed by atoms with van der Waals surface area (Å²) >= 11 is 0. The highest BCUT2D eigenvalue weighted by Crippen LogP contribution is 2.32. The molecular formula is C21H17N5O4. The molecule has 4 aromatic rings. The van der Waals surface area contributed by atoms with Crippen LogP contribution in [0.3, 0.4) is 0 Å². The van der Waals surface area contributed by atoms with E-state index in [-0.39, 0.29) is 35.3 Å². The van der Waals surface area contributed by atoms with E-state index in [9.17, 15) is 9.59 Å². The number of ether oxygens (including phenoxy) is 2. The molecule has 150 valence electrons. The molecule has 9 heteroatoms. The maximum absolute atomic E-state index is 12.9. The Morgan fingerprint density at radius 2 is 2.03 bits per heavy atom. The molecule has 1 aromatic carbocycles. The maximum atomic E-state index is 12.9. The highest BCUT2D eigenvalue weighted by molar-refractivity contribution is 5.96. The first-order chi connectivity index (χ1) is 14.5. The van der Waals surface area contributed by atoms with Gasteiger partial charge in [0.05, 0.1) is 10.9 Å². The van der Waals surface area contributed by atoms with Crippen molar-refractivity contribution < 1.29 is 14.3 Å². The van der Waals surface area contributed by atoms with Gasteiger partial charge in [0.2, 0.25) is 6.79 Å². The van der Waals surface area contributed by atoms with Gasteiger partial charge in [-0.25, -0.2) is 4.98 Å². The van der Waals surface area contributed by atoms with Gasteiger partial charge < -0.3 is 19.4 Å². The second-order valence-corrected chi connectivity index (χ2v) is 6.92. The zero-order chi connectivity index (χ0) is 20.8. The average molecular weight is 403 g/mol. The van der Waals surface area contributed by atoms with E-state index in [0.29, 0.717) is 22.8 Å². The Bertz CT molecular complexity index is 1450. The van der Waals surface area contributed by atoms with Crippen molar-refractivity contribution in [3.8, 4) is 11.5 Å². The summed E-state index contributed by atoms with van der Waals surface area (Å²) in [6.07, 6.45) is 1.62. The number of fused-ring (bicyclic) bond motifs is 3. The number of benzene rings is 1. The van der Waals surface area contributed by atoms with Crippen LogP contribution in [0.25, 0.3) is 16.7 Å². The molecule has 0 atom stereocenters. The second-order valence-electron chi connectivity index (χ2n) is 6.92. The molecule has 0 unspecified atom stereocenters. The Morgan fingerprint density at radius 3 is 2.90 bits per heavy atom. The zero-order valence-corrected chi connectivity index (χ0v) is 16.0. The van der Waals surface area contributed by atoms with Crippen LogP contribution in [0.5, 0.6) is 11.5 Å². The minimum Gasteiger partial charge on any atom is -0.454 e. The Balaban J connectivity index is 1.52. The first-order valence-electron chi connectivity index (χ1n) is 9.25. The molecule has 0 saturated carbocycles. The van der Waals surface area contributed by atoms with Gasteiger partial charge in [-0.2, -0.15) is 0 Å². The van der Waals surface area contributed by atoms with Crippen molar-refractivity contribution in [3.63, 3.8) is 0 Å². The molecule has 0 aliphatic carbocycles. The molecule has 1 amide bonds. The van der Waals surface area contributed by atoms with Gasteiger partial charge in [0, 0.05) is 19.8 Å². The van der Waals surface area contributed by atoms with Gasteiger partial charge in [0.1, 0.15) is 16.8 Å². The van der Waals surface area contributed by atoms with Crippen LogP contribution in [0.2, 0.25) is 0 Å². The summed E-state index contributed by atoms with van der Waals surface area (Å²) in [5.74, 6) is 0.846. The molecule has 1 aliphatic heterocycles. The quantitative estimate of drug-likeness (QED) is 0.502. The molecule has 0 bridgehead atoms. The lowest BCUT2D eigenvalue weighted by Gasteiger charge is -2.11. The summed E-state index contributed by atoms with van der Waals surface area (Å²) in [6, 6.07) is 12.1. The maximum Gasteiger partial charge on any atom is 0.267 e. The normalized spacial score (nSPS) is 12.4. The predicted octanol–water partition coefficient (Wildman–Crippen LogP) is 1.32. The van der Waals surface area contributed by atoms with Gasteiger partial charge >= 0.3 is 0 Å². The molecule has 3 aromatic heterocycles. The Labute approximate surface area is 169 Å². The van der Waals surface area contributed by atoms with Crippen LogP contribution >= 0.6 is 0 Å². The van der Waals surface area contributed by atoms with Gasteiger partial charge in [0.25, 0.3) is 11.5 Å². The van der Waals surface area contributed by atoms with E-state index in [0.717, 1.165) is 5.56 Å². The van der Waals surface area contributed by atoms with Crippen molar-refractivity contribution in [1.82, 2.24) is 19.3 Å². The third kappa shape index (κ3) is 2.79. The summed E-state index contributed by atoms with van der Waals surface area (Å²) in [4.78, 5) is 30.2. The third-order valence-corrected chi connectivity index (χ3v) is 5.08. The second kappa shape index (κ2) is 6.73. The molecule has 0 radical (unpaired) electrons. The summed E-state index contributed by atoms with van der Waals surface area (Å²) in [6.45, 7) is 0.421. The van der Waals surface area contributed by atoms with E-state index in [1.807, 2.05) is 6.07 Å². The Kier molecular flexibility index (Phi) is 4.02. The molecule has 9 nitrogen and oxygen atoms in total. The van der Waals surface area contributed by atoms with Gasteiger partial charge in [-0.15, -0.1) is 0 Å². The van der Waals surface area contributed by atoms with Gasteiger partial charge in [0.15, 0.2) is 11.5 Å². The van der Waals surface area contributed by atoms with Crippen LogP contribution in [0, 0.1) is 5.41 Å². The number of nitrogens with zero attached hydrogens (tertiary/aromatic N) is 3. The summed E-state index contributed by atoms with van der Waals surface area (Å²) in [5.41, 5.74) is 1.43. The van der Waals surface area contributed by atoms with Crippen LogP contribution in [0.4, 0.5) is 0 Å². The van der Waals surface area contributed by atoms with E-state index in [2.05, 4.69) is 10.3 Å². The van der Waals surface area contributed by atoms with Gasteiger partial charge in [-0.1, -0.05) is 12.1 Å². The molecule has 0 fully saturated rings. The van der Waals surface area contributed by atoms with Crippen LogP contribution < -0.4 is 25.8 Å². The summed E-state index contributed by atoms with van der Waals surface area (Å²) in [7, 11) is 1.62. The molecule has 4 heterocycles. The van der Waals surface area contributed by atoms with Crippen molar-refractivity contribution in [2.75, 3.05) is 6.79 Å². The standard InChI is InChI=1S/C21H17N5O4/c1-25-18(22)13(9-14-19(25)24-17-4-2-3-7-26(17)21(14)28)20(27)23-10-12-5-6-15-16(8-12)30-11-29-15/h2-9,22H,10-11H2,1H3,(H,23,27). The fourth-order valence-corrected chi connectivity index (χ4v) is 3.47. The number of pyridine rings is 2. The Morgan fingerprint density at radius 1 is 1.20 bits per heavy atom. The number of carbonyl (C=O) groups is 1. The number of amides is 1. The topological polar surface area (TPSA) is 111 Å². The van der Waals surface area contributed by atoms with E-state index >= 15 is 0 Å². The van der Waals surface area contributed by atoms with Gasteiger partial charge in [-0.3, -0.25) is 19.4 Å². The van der Waals surface area contributed by atoms with Gasteiger partial charge in [-0.05, 0) is 35.9 Å². The number of aryl methyl sites for hydroxylation is 1. The predicted molar refractivity (Wildman–Crippen MR) is 108 cm³/mol. The van der Waals surface area contributed by atoms with E-state index in [1.165, 1.54) is 15.0 Å². The number of carbonyl (C=O) groups excluding carboxylic acids is 1. The number of hydrogen-bond donors (Lipinski definition) is 2. The van der Waals surface area contributed by atoms with Crippen molar-refractivity contribution in [2.45, 2.75) is 6.54 Å². The smallest absolute Gasteiger partial charge is 0.267 e. The minimum atomic E-state index is -0.451. The molecule has 30 heavy (non-hydrogen) atoms. The molecular weight excluding hydrogens is 386 g/mol. The summed E-state index contributed by atoms with van der Waals surface area (Å²) in [5, 5.41) is 11.5. The third-order valence-electron chi connectivity index (χ3n) is 5.08. The highest BCUT2D eigenvalue weighted by Gasteiger charge is 2.17. The molecule has 0 saturated heterocycles. The lowest BCUT2D eigenvalue weighted by Crippen LogP contribution is -2.33. The van der Waals surface area contributed by atoms with Crippen LogP contribution in [-0.2, 0) is 13.6 Å². The lowest BCUT2D eigenvalue weighted by atomic mass is 10.1. The average Bonchev–Trinajstić information content (AvgIpc) is 3.23. The fraction of sp³-hybridized carbons (Fsp3) is 0.143. The SMILES string of the molecule is Cn1c(=N)c(C(=O)NCc2ccc3c(c2)OCO3)cc2c(=O)n3ccccc3nc21. The highest BCUT2D eigenvalue weighted by atomic mass is 16.7. The van der Waals surface area contributed by atoms with Crippen molar-refractivity contribution in [3.05, 3.63) is 75.6 Å². The van der Waals surface area contributed by atoms with Crippen LogP contribution in [0.15, 0.2) is 53.5 Å². The molecule has 1 aliphatic rings.